The maximum atomic E-state index is 2.42. The zero-order chi connectivity index (χ0) is 46.0. The molecule has 0 radical (unpaired) electrons. The van der Waals surface area contributed by atoms with Gasteiger partial charge in [0.1, 0.15) is 0 Å². The third kappa shape index (κ3) is 7.49. The Morgan fingerprint density at radius 2 is 0.623 bits per heavy atom. The minimum atomic E-state index is -0.531. The molecule has 2 nitrogen and oxygen atoms in total. The van der Waals surface area contributed by atoms with Crippen LogP contribution < -0.4 is 9.80 Å². The Bertz CT molecular complexity index is 3490. The lowest BCUT2D eigenvalue weighted by atomic mass is 9.67. The standard InChI is InChI=1S/C67H48N2/c1-6-22-49(23-7-1)51-40-43-57(44-41-51)69(66-45-42-53(50-24-8-2-9-25-50)46-63(66)52-26-10-3-11-27-52)60-35-21-34-59(48-60)68(56-31-14-5-15-32-56)58-33-20-30-55(47-58)67(54-28-12-4-13-29-54)64-38-18-16-36-61(64)62-37-17-19-39-65(62)67/h1-48H. The number of rotatable bonds is 11. The molecule has 0 heterocycles. The van der Waals surface area contributed by atoms with Gasteiger partial charge in [-0.3, -0.25) is 0 Å². The molecular weight excluding hydrogens is 833 g/mol. The molecule has 0 fully saturated rings. The van der Waals surface area contributed by atoms with Gasteiger partial charge in [0.15, 0.2) is 0 Å². The minimum Gasteiger partial charge on any atom is -0.310 e. The Morgan fingerprint density at radius 1 is 0.217 bits per heavy atom. The molecule has 0 bridgehead atoms. The van der Waals surface area contributed by atoms with Crippen molar-refractivity contribution in [3.05, 3.63) is 313 Å². The molecule has 0 unspecified atom stereocenters. The van der Waals surface area contributed by atoms with E-state index in [1.807, 2.05) is 0 Å². The molecular formula is C67H48N2. The van der Waals surface area contributed by atoms with Gasteiger partial charge >= 0.3 is 0 Å². The van der Waals surface area contributed by atoms with Crippen LogP contribution in [0.1, 0.15) is 22.3 Å². The second kappa shape index (κ2) is 18.0. The predicted molar refractivity (Wildman–Crippen MR) is 289 cm³/mol. The molecule has 0 atom stereocenters. The number of hydrogen-bond acceptors (Lipinski definition) is 2. The highest BCUT2D eigenvalue weighted by atomic mass is 15.2. The van der Waals surface area contributed by atoms with E-state index in [-0.39, 0.29) is 0 Å². The highest BCUT2D eigenvalue weighted by Crippen LogP contribution is 2.57. The van der Waals surface area contributed by atoms with Crippen molar-refractivity contribution in [3.8, 4) is 44.5 Å². The largest absolute Gasteiger partial charge is 0.310 e. The van der Waals surface area contributed by atoms with Gasteiger partial charge in [0, 0.05) is 34.0 Å². The third-order valence-corrected chi connectivity index (χ3v) is 13.7. The highest BCUT2D eigenvalue weighted by Gasteiger charge is 2.46. The SMILES string of the molecule is c1ccc(-c2ccc(N(c3cccc(N(c4ccccc4)c4cccc(C5(c6ccccc6)c6ccccc6-c6ccccc65)c4)c3)c3ccc(-c4ccccc4)cc3-c3ccccc3)cc2)cc1. The summed E-state index contributed by atoms with van der Waals surface area (Å²) in [6.07, 6.45) is 0. The van der Waals surface area contributed by atoms with Crippen LogP contribution in [0.25, 0.3) is 44.5 Å². The first-order valence-corrected chi connectivity index (χ1v) is 23.8. The van der Waals surface area contributed by atoms with Gasteiger partial charge in [-0.1, -0.05) is 224 Å². The van der Waals surface area contributed by atoms with Crippen molar-refractivity contribution in [1.82, 2.24) is 0 Å². The summed E-state index contributed by atoms with van der Waals surface area (Å²) in [4.78, 5) is 4.83. The van der Waals surface area contributed by atoms with E-state index in [1.54, 1.807) is 0 Å². The van der Waals surface area contributed by atoms with Crippen molar-refractivity contribution >= 4 is 34.1 Å². The van der Waals surface area contributed by atoms with Crippen molar-refractivity contribution in [2.75, 3.05) is 9.80 Å². The highest BCUT2D eigenvalue weighted by molar-refractivity contribution is 5.93. The maximum Gasteiger partial charge on any atom is 0.0714 e. The molecule has 0 amide bonds. The van der Waals surface area contributed by atoms with Gasteiger partial charge in [-0.25, -0.2) is 0 Å². The van der Waals surface area contributed by atoms with Crippen LogP contribution in [0.2, 0.25) is 0 Å². The summed E-state index contributed by atoms with van der Waals surface area (Å²) in [6.45, 7) is 0. The fourth-order valence-corrected chi connectivity index (χ4v) is 10.6. The Labute approximate surface area is 405 Å². The quantitative estimate of drug-likeness (QED) is 0.128. The number of hydrogen-bond donors (Lipinski definition) is 0. The molecule has 0 N–H and O–H groups in total. The number of anilines is 6. The molecule has 12 rings (SSSR count). The lowest BCUT2D eigenvalue weighted by Crippen LogP contribution is -2.28. The summed E-state index contributed by atoms with van der Waals surface area (Å²) in [5.41, 5.74) is 20.5. The monoisotopic (exact) mass is 880 g/mol. The molecule has 0 aromatic heterocycles. The van der Waals surface area contributed by atoms with Crippen LogP contribution in [0, 0.1) is 0 Å². The normalized spacial score (nSPS) is 12.2. The molecule has 326 valence electrons. The van der Waals surface area contributed by atoms with E-state index in [0.29, 0.717) is 0 Å². The molecule has 1 aliphatic rings. The lowest BCUT2D eigenvalue weighted by Gasteiger charge is -2.35. The number of para-hydroxylation sites is 1. The molecule has 0 saturated carbocycles. The summed E-state index contributed by atoms with van der Waals surface area (Å²) in [6, 6.07) is 106. The molecule has 11 aromatic carbocycles. The summed E-state index contributed by atoms with van der Waals surface area (Å²) in [5.74, 6) is 0. The van der Waals surface area contributed by atoms with E-state index in [2.05, 4.69) is 301 Å². The Hall–Kier alpha value is -8.98. The number of benzene rings is 11. The summed E-state index contributed by atoms with van der Waals surface area (Å²) in [7, 11) is 0. The average molecular weight is 881 g/mol. The van der Waals surface area contributed by atoms with Gasteiger partial charge in [-0.05, 0) is 128 Å². The van der Waals surface area contributed by atoms with E-state index < -0.39 is 5.41 Å². The van der Waals surface area contributed by atoms with Crippen LogP contribution in [0.4, 0.5) is 34.1 Å². The van der Waals surface area contributed by atoms with Gasteiger partial charge in [-0.2, -0.15) is 0 Å². The zero-order valence-corrected chi connectivity index (χ0v) is 38.1. The van der Waals surface area contributed by atoms with Gasteiger partial charge in [0.25, 0.3) is 0 Å². The first kappa shape index (κ1) is 41.5. The number of fused-ring (bicyclic) bond motifs is 3. The minimum absolute atomic E-state index is 0.531. The van der Waals surface area contributed by atoms with Crippen molar-refractivity contribution in [2.45, 2.75) is 5.41 Å². The Balaban J connectivity index is 1.05. The molecule has 11 aromatic rings. The van der Waals surface area contributed by atoms with Crippen LogP contribution in [0.5, 0.6) is 0 Å². The molecule has 69 heavy (non-hydrogen) atoms. The van der Waals surface area contributed by atoms with Crippen molar-refractivity contribution < 1.29 is 0 Å². The van der Waals surface area contributed by atoms with Gasteiger partial charge < -0.3 is 9.80 Å². The van der Waals surface area contributed by atoms with Crippen LogP contribution in [-0.4, -0.2) is 0 Å². The first-order chi connectivity index (χ1) is 34.2. The molecule has 1 aliphatic carbocycles. The zero-order valence-electron chi connectivity index (χ0n) is 38.1. The van der Waals surface area contributed by atoms with Gasteiger partial charge in [0.05, 0.1) is 11.1 Å². The van der Waals surface area contributed by atoms with Gasteiger partial charge in [-0.15, -0.1) is 0 Å². The second-order valence-corrected chi connectivity index (χ2v) is 17.7. The molecule has 2 heteroatoms. The Morgan fingerprint density at radius 3 is 1.23 bits per heavy atom. The molecule has 0 saturated heterocycles. The fourth-order valence-electron chi connectivity index (χ4n) is 10.6. The summed E-state index contributed by atoms with van der Waals surface area (Å²) >= 11 is 0. The smallest absolute Gasteiger partial charge is 0.0714 e. The summed E-state index contributed by atoms with van der Waals surface area (Å²) in [5, 5.41) is 0. The van der Waals surface area contributed by atoms with Crippen molar-refractivity contribution in [3.63, 3.8) is 0 Å². The first-order valence-electron chi connectivity index (χ1n) is 23.8. The van der Waals surface area contributed by atoms with E-state index >= 15 is 0 Å². The van der Waals surface area contributed by atoms with E-state index in [1.165, 1.54) is 55.6 Å². The van der Waals surface area contributed by atoms with Crippen LogP contribution in [0.15, 0.2) is 291 Å². The van der Waals surface area contributed by atoms with Gasteiger partial charge in [0.2, 0.25) is 0 Å². The number of nitrogens with zero attached hydrogens (tertiary/aromatic N) is 2. The fraction of sp³-hybridized carbons (Fsp3) is 0.0149. The maximum absolute atomic E-state index is 2.42. The molecule has 0 aliphatic heterocycles. The Kier molecular flexibility index (Phi) is 10.8. The van der Waals surface area contributed by atoms with Crippen molar-refractivity contribution in [2.24, 2.45) is 0 Å². The van der Waals surface area contributed by atoms with Crippen LogP contribution >= 0.6 is 0 Å². The third-order valence-electron chi connectivity index (χ3n) is 13.7. The van der Waals surface area contributed by atoms with Crippen LogP contribution in [0.3, 0.4) is 0 Å². The predicted octanol–water partition coefficient (Wildman–Crippen LogP) is 18.0. The van der Waals surface area contributed by atoms with E-state index in [0.717, 1.165) is 45.3 Å². The van der Waals surface area contributed by atoms with Crippen LogP contribution in [-0.2, 0) is 5.41 Å². The second-order valence-electron chi connectivity index (χ2n) is 17.7. The van der Waals surface area contributed by atoms with E-state index in [4.69, 9.17) is 0 Å². The molecule has 0 spiro atoms. The van der Waals surface area contributed by atoms with Crippen molar-refractivity contribution in [1.29, 1.82) is 0 Å². The summed E-state index contributed by atoms with van der Waals surface area (Å²) < 4.78 is 0. The lowest BCUT2D eigenvalue weighted by molar-refractivity contribution is 0.768. The topological polar surface area (TPSA) is 6.48 Å². The van der Waals surface area contributed by atoms with E-state index in [9.17, 15) is 0 Å². The average Bonchev–Trinajstić information content (AvgIpc) is 3.74.